The van der Waals surface area contributed by atoms with E-state index in [1.165, 1.54) is 11.3 Å². The molecule has 6 heteroatoms. The molecule has 0 aliphatic heterocycles. The smallest absolute Gasteiger partial charge is 0.243 e. The number of anilines is 1. The van der Waals surface area contributed by atoms with E-state index in [-0.39, 0.29) is 11.8 Å². The van der Waals surface area contributed by atoms with Crippen molar-refractivity contribution >= 4 is 22.4 Å². The molecule has 0 spiro atoms. The first-order valence-corrected chi connectivity index (χ1v) is 7.21. The second-order valence-electron chi connectivity index (χ2n) is 4.72. The number of hydrogen-bond acceptors (Lipinski definition) is 5. The third-order valence-corrected chi connectivity index (χ3v) is 4.03. The maximum absolute atomic E-state index is 11.8. The number of amides is 1. The van der Waals surface area contributed by atoms with E-state index in [1.54, 1.807) is 0 Å². The molecule has 0 aliphatic rings. The van der Waals surface area contributed by atoms with Gasteiger partial charge in [-0.15, -0.1) is 10.2 Å². The third kappa shape index (κ3) is 3.74. The van der Waals surface area contributed by atoms with E-state index >= 15 is 0 Å². The zero-order valence-corrected chi connectivity index (χ0v) is 12.3. The SMILES string of the molecule is CCC(CC)c1nnc(NC(=O)[C@@H](N)C(C)C)s1. The molecule has 0 fully saturated rings. The first-order valence-electron chi connectivity index (χ1n) is 6.39. The van der Waals surface area contributed by atoms with Gasteiger partial charge in [-0.2, -0.15) is 0 Å². The molecule has 1 rings (SSSR count). The lowest BCUT2D eigenvalue weighted by Gasteiger charge is -2.13. The van der Waals surface area contributed by atoms with Gasteiger partial charge in [0.2, 0.25) is 11.0 Å². The second-order valence-corrected chi connectivity index (χ2v) is 5.73. The van der Waals surface area contributed by atoms with E-state index < -0.39 is 6.04 Å². The van der Waals surface area contributed by atoms with Crippen LogP contribution in [0.1, 0.15) is 51.5 Å². The van der Waals surface area contributed by atoms with Gasteiger partial charge in [-0.1, -0.05) is 39.0 Å². The summed E-state index contributed by atoms with van der Waals surface area (Å²) in [6, 6.07) is -0.509. The van der Waals surface area contributed by atoms with Crippen molar-refractivity contribution in [2.45, 2.75) is 52.5 Å². The van der Waals surface area contributed by atoms with Crippen molar-refractivity contribution in [2.24, 2.45) is 11.7 Å². The largest absolute Gasteiger partial charge is 0.320 e. The minimum atomic E-state index is -0.509. The van der Waals surface area contributed by atoms with Gasteiger partial charge in [0.05, 0.1) is 6.04 Å². The number of hydrogen-bond donors (Lipinski definition) is 2. The van der Waals surface area contributed by atoms with E-state index in [0.29, 0.717) is 11.0 Å². The van der Waals surface area contributed by atoms with Gasteiger partial charge in [-0.05, 0) is 18.8 Å². The highest BCUT2D eigenvalue weighted by molar-refractivity contribution is 7.15. The van der Waals surface area contributed by atoms with Gasteiger partial charge in [0.25, 0.3) is 0 Å². The molecule has 0 saturated heterocycles. The van der Waals surface area contributed by atoms with Crippen LogP contribution in [0.25, 0.3) is 0 Å². The van der Waals surface area contributed by atoms with Crippen LogP contribution in [0.4, 0.5) is 5.13 Å². The van der Waals surface area contributed by atoms with Crippen molar-refractivity contribution in [3.05, 3.63) is 5.01 Å². The van der Waals surface area contributed by atoms with E-state index in [9.17, 15) is 4.79 Å². The minimum absolute atomic E-state index is 0.108. The molecule has 0 saturated carbocycles. The van der Waals surface area contributed by atoms with Crippen molar-refractivity contribution in [1.82, 2.24) is 10.2 Å². The van der Waals surface area contributed by atoms with E-state index in [1.807, 2.05) is 13.8 Å². The molecule has 1 amide bonds. The Kier molecular flexibility index (Phi) is 5.68. The molecule has 18 heavy (non-hydrogen) atoms. The summed E-state index contributed by atoms with van der Waals surface area (Å²) in [4.78, 5) is 11.8. The summed E-state index contributed by atoms with van der Waals surface area (Å²) in [6.07, 6.45) is 2.06. The van der Waals surface area contributed by atoms with Crippen LogP contribution in [0.5, 0.6) is 0 Å². The van der Waals surface area contributed by atoms with Gasteiger partial charge in [0, 0.05) is 5.92 Å². The van der Waals surface area contributed by atoms with E-state index in [0.717, 1.165) is 17.8 Å². The molecule has 1 aromatic rings. The van der Waals surface area contributed by atoms with Crippen LogP contribution >= 0.6 is 11.3 Å². The molecule has 0 aliphatic carbocycles. The summed E-state index contributed by atoms with van der Waals surface area (Å²) in [5.74, 6) is 0.334. The fourth-order valence-corrected chi connectivity index (χ4v) is 2.59. The maximum Gasteiger partial charge on any atom is 0.243 e. The number of rotatable bonds is 6. The van der Waals surface area contributed by atoms with Crippen LogP contribution < -0.4 is 11.1 Å². The number of nitrogens with zero attached hydrogens (tertiary/aromatic N) is 2. The summed E-state index contributed by atoms with van der Waals surface area (Å²) >= 11 is 1.44. The van der Waals surface area contributed by atoms with Gasteiger partial charge in [-0.25, -0.2) is 0 Å². The molecule has 102 valence electrons. The summed E-state index contributed by atoms with van der Waals surface area (Å²) in [6.45, 7) is 8.09. The number of aromatic nitrogens is 2. The molecule has 0 bridgehead atoms. The van der Waals surface area contributed by atoms with E-state index in [2.05, 4.69) is 29.4 Å². The molecule has 0 radical (unpaired) electrons. The molecule has 0 aromatic carbocycles. The zero-order valence-electron chi connectivity index (χ0n) is 11.4. The van der Waals surface area contributed by atoms with Gasteiger partial charge in [0.15, 0.2) is 0 Å². The summed E-state index contributed by atoms with van der Waals surface area (Å²) < 4.78 is 0. The average Bonchev–Trinajstić information content (AvgIpc) is 2.78. The number of nitrogens with one attached hydrogen (secondary N) is 1. The normalized spacial score (nSPS) is 13.1. The van der Waals surface area contributed by atoms with Crippen LogP contribution in [-0.2, 0) is 4.79 Å². The third-order valence-electron chi connectivity index (χ3n) is 3.03. The zero-order chi connectivity index (χ0) is 13.7. The lowest BCUT2D eigenvalue weighted by atomic mass is 10.1. The average molecular weight is 270 g/mol. The van der Waals surface area contributed by atoms with Crippen molar-refractivity contribution in [1.29, 1.82) is 0 Å². The highest BCUT2D eigenvalue weighted by Crippen LogP contribution is 2.28. The summed E-state index contributed by atoms with van der Waals surface area (Å²) in [5, 5.41) is 12.4. The van der Waals surface area contributed by atoms with Crippen molar-refractivity contribution in [3.8, 4) is 0 Å². The minimum Gasteiger partial charge on any atom is -0.320 e. The monoisotopic (exact) mass is 270 g/mol. The highest BCUT2D eigenvalue weighted by atomic mass is 32.1. The van der Waals surface area contributed by atoms with Crippen LogP contribution in [-0.4, -0.2) is 22.1 Å². The van der Waals surface area contributed by atoms with Crippen LogP contribution in [0, 0.1) is 5.92 Å². The highest BCUT2D eigenvalue weighted by Gasteiger charge is 2.20. The molecule has 5 nitrogen and oxygen atoms in total. The first-order chi connectivity index (χ1) is 8.49. The molecule has 1 aromatic heterocycles. The Bertz CT molecular complexity index is 387. The second kappa shape index (κ2) is 6.80. The molecular weight excluding hydrogens is 248 g/mol. The topological polar surface area (TPSA) is 80.9 Å². The van der Waals surface area contributed by atoms with Gasteiger partial charge in [-0.3, -0.25) is 10.1 Å². The number of nitrogens with two attached hydrogens (primary N) is 1. The number of carbonyl (C=O) groups excluding carboxylic acids is 1. The van der Waals surface area contributed by atoms with E-state index in [4.69, 9.17) is 5.73 Å². The Morgan fingerprint density at radius 3 is 2.44 bits per heavy atom. The van der Waals surface area contributed by atoms with Crippen LogP contribution in [0.15, 0.2) is 0 Å². The number of carbonyl (C=O) groups is 1. The van der Waals surface area contributed by atoms with Gasteiger partial charge < -0.3 is 5.73 Å². The lowest BCUT2D eigenvalue weighted by molar-refractivity contribution is -0.118. The Morgan fingerprint density at radius 2 is 1.94 bits per heavy atom. The molecule has 3 N–H and O–H groups in total. The fraction of sp³-hybridized carbons (Fsp3) is 0.750. The summed E-state index contributed by atoms with van der Waals surface area (Å²) in [5.41, 5.74) is 5.77. The molecule has 0 unspecified atom stereocenters. The van der Waals surface area contributed by atoms with Crippen LogP contribution in [0.3, 0.4) is 0 Å². The maximum atomic E-state index is 11.8. The van der Waals surface area contributed by atoms with Gasteiger partial charge >= 0.3 is 0 Å². The molecule has 1 atom stereocenters. The Hall–Kier alpha value is -1.01. The predicted octanol–water partition coefficient (Wildman–Crippen LogP) is 2.36. The summed E-state index contributed by atoms with van der Waals surface area (Å²) in [7, 11) is 0. The fourth-order valence-electron chi connectivity index (χ4n) is 1.58. The Balaban J connectivity index is 2.67. The Labute approximate surface area is 112 Å². The van der Waals surface area contributed by atoms with Crippen LogP contribution in [0.2, 0.25) is 0 Å². The molecule has 1 heterocycles. The Morgan fingerprint density at radius 1 is 1.33 bits per heavy atom. The van der Waals surface area contributed by atoms with Gasteiger partial charge in [0.1, 0.15) is 5.01 Å². The standard InChI is InChI=1S/C12H22N4OS/c1-5-8(6-2)11-15-16-12(18-11)14-10(17)9(13)7(3)4/h7-9H,5-6,13H2,1-4H3,(H,14,16,17)/t9-/m0/s1. The lowest BCUT2D eigenvalue weighted by Crippen LogP contribution is -2.39. The van der Waals surface area contributed by atoms with Crippen molar-refractivity contribution in [2.75, 3.05) is 5.32 Å². The van der Waals surface area contributed by atoms with Crippen molar-refractivity contribution < 1.29 is 4.79 Å². The van der Waals surface area contributed by atoms with Crippen molar-refractivity contribution in [3.63, 3.8) is 0 Å². The molecular formula is C12H22N4OS. The first kappa shape index (κ1) is 15.0. The predicted molar refractivity (Wildman–Crippen MR) is 74.7 cm³/mol. The quantitative estimate of drug-likeness (QED) is 0.831.